The second-order valence-corrected chi connectivity index (χ2v) is 5.61. The summed E-state index contributed by atoms with van der Waals surface area (Å²) in [5, 5.41) is 10.3. The van der Waals surface area contributed by atoms with Gasteiger partial charge < -0.3 is 14.6 Å². The van der Waals surface area contributed by atoms with Crippen LogP contribution in [0.1, 0.15) is 23.2 Å². The zero-order chi connectivity index (χ0) is 14.1. The highest BCUT2D eigenvalue weighted by Gasteiger charge is 2.25. The van der Waals surface area contributed by atoms with Crippen molar-refractivity contribution in [1.29, 1.82) is 0 Å². The lowest BCUT2D eigenvalue weighted by molar-refractivity contribution is 0.0622. The van der Waals surface area contributed by atoms with Gasteiger partial charge in [0, 0.05) is 49.4 Å². The molecule has 1 aromatic heterocycles. The molecule has 106 valence electrons. The van der Waals surface area contributed by atoms with Crippen molar-refractivity contribution in [3.63, 3.8) is 0 Å². The van der Waals surface area contributed by atoms with Crippen LogP contribution >= 0.6 is 0 Å². The average molecular weight is 272 g/mol. The van der Waals surface area contributed by atoms with Crippen molar-refractivity contribution < 1.29 is 9.90 Å². The van der Waals surface area contributed by atoms with Crippen molar-refractivity contribution in [2.75, 3.05) is 19.7 Å². The van der Waals surface area contributed by atoms with Crippen molar-refractivity contribution in [3.05, 3.63) is 36.0 Å². The van der Waals surface area contributed by atoms with Crippen LogP contribution in [0.2, 0.25) is 0 Å². The molecule has 1 aliphatic rings. The standard InChI is InChI=1S/C16H20N2O2/c1-17-9-7-13-14(5-2-6-15(13)17)16(20)18-8-3-4-12(10-18)11-19/h2,5-7,9,12,19H,3-4,8,10-11H2,1H3. The molecule has 20 heavy (non-hydrogen) atoms. The Balaban J connectivity index is 1.92. The molecule has 3 rings (SSSR count). The lowest BCUT2D eigenvalue weighted by Crippen LogP contribution is -2.41. The van der Waals surface area contributed by atoms with Gasteiger partial charge in [0.25, 0.3) is 5.91 Å². The van der Waals surface area contributed by atoms with Gasteiger partial charge in [-0.25, -0.2) is 0 Å². The summed E-state index contributed by atoms with van der Waals surface area (Å²) in [4.78, 5) is 14.6. The average Bonchev–Trinajstić information content (AvgIpc) is 2.88. The fourth-order valence-corrected chi connectivity index (χ4v) is 3.06. The van der Waals surface area contributed by atoms with Gasteiger partial charge in [-0.1, -0.05) is 6.07 Å². The molecule has 0 bridgehead atoms. The Labute approximate surface area is 118 Å². The first-order chi connectivity index (χ1) is 9.70. The third-order valence-electron chi connectivity index (χ3n) is 4.22. The second kappa shape index (κ2) is 5.29. The highest BCUT2D eigenvalue weighted by atomic mass is 16.3. The molecule has 1 saturated heterocycles. The van der Waals surface area contributed by atoms with Crippen molar-refractivity contribution >= 4 is 16.8 Å². The fraction of sp³-hybridized carbons (Fsp3) is 0.438. The lowest BCUT2D eigenvalue weighted by Gasteiger charge is -2.32. The summed E-state index contributed by atoms with van der Waals surface area (Å²) < 4.78 is 2.03. The lowest BCUT2D eigenvalue weighted by atomic mass is 9.98. The minimum atomic E-state index is 0.0833. The molecule has 1 atom stereocenters. The Morgan fingerprint density at radius 2 is 2.25 bits per heavy atom. The van der Waals surface area contributed by atoms with E-state index in [0.29, 0.717) is 6.54 Å². The molecule has 1 amide bonds. The van der Waals surface area contributed by atoms with E-state index in [1.807, 2.05) is 47.0 Å². The highest BCUT2D eigenvalue weighted by Crippen LogP contribution is 2.23. The maximum atomic E-state index is 12.7. The van der Waals surface area contributed by atoms with Crippen molar-refractivity contribution in [1.82, 2.24) is 9.47 Å². The zero-order valence-corrected chi connectivity index (χ0v) is 11.7. The summed E-state index contributed by atoms with van der Waals surface area (Å²) in [6, 6.07) is 7.85. The van der Waals surface area contributed by atoms with Gasteiger partial charge in [0.1, 0.15) is 0 Å². The van der Waals surface area contributed by atoms with Crippen LogP contribution in [0.3, 0.4) is 0 Å². The molecule has 1 fully saturated rings. The first-order valence-corrected chi connectivity index (χ1v) is 7.15. The van der Waals surface area contributed by atoms with E-state index in [0.717, 1.165) is 35.9 Å². The Hall–Kier alpha value is -1.81. The number of nitrogens with zero attached hydrogens (tertiary/aromatic N) is 2. The molecule has 1 aliphatic heterocycles. The molecule has 0 aliphatic carbocycles. The number of aryl methyl sites for hydroxylation is 1. The first kappa shape index (κ1) is 13.2. The monoisotopic (exact) mass is 272 g/mol. The van der Waals surface area contributed by atoms with Crippen molar-refractivity contribution in [2.24, 2.45) is 13.0 Å². The molecule has 0 radical (unpaired) electrons. The molecule has 1 N–H and O–H groups in total. The van der Waals surface area contributed by atoms with Crippen LogP contribution in [0.15, 0.2) is 30.5 Å². The number of amides is 1. The molecule has 4 nitrogen and oxygen atoms in total. The summed E-state index contributed by atoms with van der Waals surface area (Å²) in [7, 11) is 1.99. The predicted octanol–water partition coefficient (Wildman–Crippen LogP) is 2.02. The van der Waals surface area contributed by atoms with Crippen LogP contribution in [0.5, 0.6) is 0 Å². The van der Waals surface area contributed by atoms with E-state index in [2.05, 4.69) is 0 Å². The molecule has 0 saturated carbocycles. The van der Waals surface area contributed by atoms with E-state index in [1.165, 1.54) is 0 Å². The Bertz CT molecular complexity index is 632. The fourth-order valence-electron chi connectivity index (χ4n) is 3.06. The molecular weight excluding hydrogens is 252 g/mol. The topological polar surface area (TPSA) is 45.5 Å². The van der Waals surface area contributed by atoms with Gasteiger partial charge in [0.15, 0.2) is 0 Å². The van der Waals surface area contributed by atoms with E-state index in [-0.39, 0.29) is 18.4 Å². The Kier molecular flexibility index (Phi) is 3.49. The van der Waals surface area contributed by atoms with Crippen LogP contribution in [0.4, 0.5) is 0 Å². The molecule has 1 aromatic carbocycles. The second-order valence-electron chi connectivity index (χ2n) is 5.61. The van der Waals surface area contributed by atoms with Gasteiger partial charge in [0.05, 0.1) is 0 Å². The van der Waals surface area contributed by atoms with Gasteiger partial charge >= 0.3 is 0 Å². The summed E-state index contributed by atoms with van der Waals surface area (Å²) >= 11 is 0. The van der Waals surface area contributed by atoms with Crippen molar-refractivity contribution in [3.8, 4) is 0 Å². The van der Waals surface area contributed by atoms with Crippen LogP contribution in [-0.4, -0.2) is 40.2 Å². The normalized spacial score (nSPS) is 19.5. The number of hydrogen-bond donors (Lipinski definition) is 1. The van der Waals surface area contributed by atoms with E-state index >= 15 is 0 Å². The number of carbonyl (C=O) groups excluding carboxylic acids is 1. The van der Waals surface area contributed by atoms with Crippen LogP contribution in [0, 0.1) is 5.92 Å². The molecular formula is C16H20N2O2. The smallest absolute Gasteiger partial charge is 0.254 e. The Morgan fingerprint density at radius 1 is 1.40 bits per heavy atom. The zero-order valence-electron chi connectivity index (χ0n) is 11.7. The number of aliphatic hydroxyl groups excluding tert-OH is 1. The van der Waals surface area contributed by atoms with E-state index in [4.69, 9.17) is 0 Å². The number of likely N-dealkylation sites (tertiary alicyclic amines) is 1. The maximum absolute atomic E-state index is 12.7. The molecule has 1 unspecified atom stereocenters. The maximum Gasteiger partial charge on any atom is 0.254 e. The molecule has 0 spiro atoms. The van der Waals surface area contributed by atoms with Gasteiger partial charge in [-0.05, 0) is 37.0 Å². The number of rotatable bonds is 2. The van der Waals surface area contributed by atoms with E-state index < -0.39 is 0 Å². The van der Waals surface area contributed by atoms with Gasteiger partial charge in [0.2, 0.25) is 0 Å². The number of hydrogen-bond acceptors (Lipinski definition) is 2. The van der Waals surface area contributed by atoms with Gasteiger partial charge in [-0.2, -0.15) is 0 Å². The summed E-state index contributed by atoms with van der Waals surface area (Å²) in [6.45, 7) is 1.62. The SMILES string of the molecule is Cn1ccc2c(C(=O)N3CCCC(CO)C3)cccc21. The first-order valence-electron chi connectivity index (χ1n) is 7.15. The van der Waals surface area contributed by atoms with Crippen LogP contribution in [-0.2, 0) is 7.05 Å². The number of piperidine rings is 1. The molecule has 2 heterocycles. The largest absolute Gasteiger partial charge is 0.396 e. The number of fused-ring (bicyclic) bond motifs is 1. The van der Waals surface area contributed by atoms with Crippen LogP contribution in [0.25, 0.3) is 10.9 Å². The summed E-state index contributed by atoms with van der Waals surface area (Å²) in [5.74, 6) is 0.308. The Morgan fingerprint density at radius 3 is 3.05 bits per heavy atom. The van der Waals surface area contributed by atoms with Gasteiger partial charge in [-0.15, -0.1) is 0 Å². The predicted molar refractivity (Wildman–Crippen MR) is 78.6 cm³/mol. The number of aromatic nitrogens is 1. The van der Waals surface area contributed by atoms with Crippen LogP contribution < -0.4 is 0 Å². The number of benzene rings is 1. The van der Waals surface area contributed by atoms with Crippen molar-refractivity contribution in [2.45, 2.75) is 12.8 Å². The number of carbonyl (C=O) groups is 1. The summed E-state index contributed by atoms with van der Waals surface area (Å²) in [6.07, 6.45) is 3.96. The minimum Gasteiger partial charge on any atom is -0.396 e. The molecule has 2 aromatic rings. The van der Waals surface area contributed by atoms with E-state index in [1.54, 1.807) is 0 Å². The highest BCUT2D eigenvalue weighted by molar-refractivity contribution is 6.06. The van der Waals surface area contributed by atoms with E-state index in [9.17, 15) is 9.90 Å². The summed E-state index contributed by atoms with van der Waals surface area (Å²) in [5.41, 5.74) is 1.84. The molecule has 4 heteroatoms. The third-order valence-corrected chi connectivity index (χ3v) is 4.22. The quantitative estimate of drug-likeness (QED) is 0.909. The number of aliphatic hydroxyl groups is 1. The van der Waals surface area contributed by atoms with Gasteiger partial charge in [-0.3, -0.25) is 4.79 Å². The third kappa shape index (κ3) is 2.20. The minimum absolute atomic E-state index is 0.0833.